The van der Waals surface area contributed by atoms with Crippen LogP contribution in [0, 0.1) is 34.6 Å². The first-order valence-corrected chi connectivity index (χ1v) is 14.8. The van der Waals surface area contributed by atoms with Gasteiger partial charge in [0, 0.05) is 18.1 Å². The van der Waals surface area contributed by atoms with Crippen LogP contribution in [0.5, 0.6) is 0 Å². The van der Waals surface area contributed by atoms with Crippen LogP contribution >= 0.6 is 40.0 Å². The second-order valence-electron chi connectivity index (χ2n) is 4.67. The molecule has 0 amide bonds. The van der Waals surface area contributed by atoms with Crippen molar-refractivity contribution in [3.63, 3.8) is 0 Å². The van der Waals surface area contributed by atoms with Gasteiger partial charge >= 0.3 is 49.4 Å². The fraction of sp³-hybridized carbons (Fsp3) is 0.429. The molecule has 18 heavy (non-hydrogen) atoms. The van der Waals surface area contributed by atoms with Gasteiger partial charge in [0.1, 0.15) is 0 Å². The van der Waals surface area contributed by atoms with E-state index in [1.165, 1.54) is 38.9 Å². The average Bonchev–Trinajstić information content (AvgIpc) is 2.62. The van der Waals surface area contributed by atoms with Gasteiger partial charge in [-0.15, -0.1) is 0 Å². The number of halogens is 2. The summed E-state index contributed by atoms with van der Waals surface area (Å²) in [6.45, 7) is 11.1. The second-order valence-corrected chi connectivity index (χ2v) is 16.5. The first kappa shape index (κ1) is 16.9. The number of hydrogen-bond donors (Lipinski definition) is 0. The van der Waals surface area contributed by atoms with E-state index in [2.05, 4.69) is 92.3 Å². The quantitative estimate of drug-likeness (QED) is 0.417. The van der Waals surface area contributed by atoms with Gasteiger partial charge in [-0.05, 0) is 62.9 Å². The summed E-state index contributed by atoms with van der Waals surface area (Å²) in [6, 6.07) is 2.30. The first-order valence-electron chi connectivity index (χ1n) is 5.81. The van der Waals surface area contributed by atoms with Gasteiger partial charge in [-0.1, -0.05) is 0 Å². The molecule has 0 atom stereocenters. The molecule has 99 valence electrons. The van der Waals surface area contributed by atoms with Crippen LogP contribution in [0.2, 0.25) is 0 Å². The van der Waals surface area contributed by atoms with Crippen molar-refractivity contribution in [2.45, 2.75) is 34.6 Å². The maximum atomic E-state index is 2.37. The van der Waals surface area contributed by atoms with Crippen molar-refractivity contribution in [1.82, 2.24) is 4.57 Å². The molecular formula is C14H19I2NV. The molecule has 0 radical (unpaired) electrons. The van der Waals surface area contributed by atoms with E-state index in [1.54, 1.807) is 0 Å². The molecule has 0 aliphatic rings. The van der Waals surface area contributed by atoms with Crippen LogP contribution in [0.3, 0.4) is 0 Å². The van der Waals surface area contributed by atoms with Crippen molar-refractivity contribution in [3.8, 4) is 0 Å². The summed E-state index contributed by atoms with van der Waals surface area (Å²) in [5.41, 5.74) is 8.45. The van der Waals surface area contributed by atoms with Crippen LogP contribution < -0.4 is 0 Å². The molecule has 1 nitrogen and oxygen atoms in total. The molecule has 1 aromatic heterocycles. The van der Waals surface area contributed by atoms with Crippen molar-refractivity contribution in [2.75, 3.05) is 0 Å². The Labute approximate surface area is 139 Å². The van der Waals surface area contributed by atoms with Crippen LogP contribution in [0.25, 0.3) is 10.9 Å². The molecule has 0 unspecified atom stereocenters. The molecule has 1 aromatic carbocycles. The molecule has 2 aromatic rings. The van der Waals surface area contributed by atoms with E-state index < -0.39 is 0 Å². The van der Waals surface area contributed by atoms with Gasteiger partial charge in [0.25, 0.3) is 0 Å². The number of aryl methyl sites for hydroxylation is 4. The molecule has 2 rings (SSSR count). The van der Waals surface area contributed by atoms with E-state index in [1.807, 2.05) is 0 Å². The Morgan fingerprint density at radius 1 is 0.889 bits per heavy atom. The van der Waals surface area contributed by atoms with Crippen molar-refractivity contribution in [2.24, 2.45) is 7.05 Å². The molecule has 0 bridgehead atoms. The van der Waals surface area contributed by atoms with Gasteiger partial charge in [-0.25, -0.2) is 0 Å². The zero-order valence-electron chi connectivity index (χ0n) is 11.7. The average molecular weight is 506 g/mol. The van der Waals surface area contributed by atoms with Gasteiger partial charge in [0.2, 0.25) is 0 Å². The summed E-state index contributed by atoms with van der Waals surface area (Å²) in [4.78, 5) is 0. The fourth-order valence-electron chi connectivity index (χ4n) is 2.41. The number of benzene rings is 1. The summed E-state index contributed by atoms with van der Waals surface area (Å²) in [5.74, 6) is 0. The van der Waals surface area contributed by atoms with Crippen molar-refractivity contribution in [3.05, 3.63) is 34.0 Å². The van der Waals surface area contributed by atoms with E-state index in [0.717, 1.165) is 0 Å². The van der Waals surface area contributed by atoms with Crippen molar-refractivity contribution in [1.29, 1.82) is 0 Å². The van der Waals surface area contributed by atoms with Gasteiger partial charge in [0.15, 0.2) is 0 Å². The zero-order valence-corrected chi connectivity index (χ0v) is 17.4. The predicted molar refractivity (Wildman–Crippen MR) is 94.6 cm³/mol. The van der Waals surface area contributed by atoms with Crippen LogP contribution in [-0.4, -0.2) is 4.57 Å². The topological polar surface area (TPSA) is 4.93 Å². The predicted octanol–water partition coefficient (Wildman–Crippen LogP) is 5.49. The molecule has 0 aliphatic carbocycles. The third-order valence-electron chi connectivity index (χ3n) is 3.92. The van der Waals surface area contributed by atoms with Gasteiger partial charge in [-0.2, -0.15) is 0 Å². The van der Waals surface area contributed by atoms with Gasteiger partial charge < -0.3 is 4.57 Å². The van der Waals surface area contributed by atoms with Gasteiger partial charge in [0.05, 0.1) is 5.52 Å². The summed E-state index contributed by atoms with van der Waals surface area (Å²) in [7, 11) is 2.78. The van der Waals surface area contributed by atoms with E-state index in [4.69, 9.17) is 0 Å². The molecule has 4 heteroatoms. The van der Waals surface area contributed by atoms with Crippen LogP contribution in [0.4, 0.5) is 0 Å². The minimum absolute atomic E-state index is 0.628. The van der Waals surface area contributed by atoms with Crippen LogP contribution in [-0.2, 0) is 16.5 Å². The Morgan fingerprint density at radius 2 is 1.33 bits per heavy atom. The normalized spacial score (nSPS) is 10.2. The van der Waals surface area contributed by atoms with Gasteiger partial charge in [-0.3, -0.25) is 0 Å². The molecule has 0 aliphatic heterocycles. The van der Waals surface area contributed by atoms with E-state index >= 15 is 0 Å². The van der Waals surface area contributed by atoms with Crippen molar-refractivity contribution >= 4 is 50.9 Å². The third-order valence-corrected chi connectivity index (χ3v) is 3.92. The van der Waals surface area contributed by atoms with Crippen LogP contribution in [0.15, 0.2) is 6.07 Å². The molecule has 0 saturated heterocycles. The Bertz CT molecular complexity index is 573. The Kier molecular flexibility index (Phi) is 6.55. The summed E-state index contributed by atoms with van der Waals surface area (Å²) >= 11 is 4.74. The summed E-state index contributed by atoms with van der Waals surface area (Å²) < 4.78 is 2.30. The molecule has 0 saturated carbocycles. The zero-order chi connectivity index (χ0) is 14.0. The molecule has 1 heterocycles. The molecule has 0 N–H and O–H groups in total. The second kappa shape index (κ2) is 7.00. The number of hydrogen-bond acceptors (Lipinski definition) is 0. The monoisotopic (exact) mass is 506 g/mol. The van der Waals surface area contributed by atoms with E-state index in [0.29, 0.717) is 9.47 Å². The number of rotatable bonds is 0. The SMILES string of the molecule is Cc1c(C)c(C)c2c(cc(C)n2C)c1C.[I][V][I]. The number of nitrogens with zero attached hydrogens (tertiary/aromatic N) is 1. The summed E-state index contributed by atoms with van der Waals surface area (Å²) in [5, 5.41) is 1.41. The van der Waals surface area contributed by atoms with E-state index in [9.17, 15) is 0 Å². The maximum absolute atomic E-state index is 2.37. The van der Waals surface area contributed by atoms with Crippen molar-refractivity contribution < 1.29 is 9.47 Å². The third kappa shape index (κ3) is 3.10. The van der Waals surface area contributed by atoms with E-state index in [-0.39, 0.29) is 0 Å². The van der Waals surface area contributed by atoms with Crippen LogP contribution in [0.1, 0.15) is 27.9 Å². The minimum atomic E-state index is 0.628. The standard InChI is InChI=1S/C14H19N.2HI.V/c1-8-7-13-11(4)9(2)10(3)12(5)14(13)15(8)6;;;/h7H,1-6H3;2*1H;/q;;;+2/p-2. The molecular weight excluding hydrogens is 487 g/mol. The summed E-state index contributed by atoms with van der Waals surface area (Å²) in [6.07, 6.45) is 0. The first-order chi connectivity index (χ1) is 8.36. The Morgan fingerprint density at radius 3 is 1.83 bits per heavy atom. The molecule has 0 fully saturated rings. The molecule has 0 spiro atoms. The Balaban J connectivity index is 0.000000492. The number of aromatic nitrogens is 1. The Hall–Kier alpha value is 0.804. The number of fused-ring (bicyclic) bond motifs is 1. The fourth-order valence-corrected chi connectivity index (χ4v) is 2.41.